The zero-order valence-electron chi connectivity index (χ0n) is 18.9. The van der Waals surface area contributed by atoms with Crippen molar-refractivity contribution in [3.05, 3.63) is 64.2 Å². The number of aryl methyl sites for hydroxylation is 1. The molecule has 0 spiro atoms. The molecule has 0 fully saturated rings. The second-order valence-electron chi connectivity index (χ2n) is 8.19. The monoisotopic (exact) mass is 457 g/mol. The van der Waals surface area contributed by atoms with Crippen LogP contribution in [0.1, 0.15) is 18.3 Å². The van der Waals surface area contributed by atoms with Gasteiger partial charge in [-0.15, -0.1) is 0 Å². The largest absolute Gasteiger partial charge is 0.454 e. The van der Waals surface area contributed by atoms with E-state index in [4.69, 9.17) is 29.2 Å². The minimum Gasteiger partial charge on any atom is -0.454 e. The maximum absolute atomic E-state index is 13.7. The fraction of sp³-hybridized carbons (Fsp3) is 0.280. The molecule has 0 saturated heterocycles. The first-order valence-corrected chi connectivity index (χ1v) is 11.2. The van der Waals surface area contributed by atoms with Crippen LogP contribution in [-0.2, 0) is 24.2 Å². The van der Waals surface area contributed by atoms with Gasteiger partial charge in [0.1, 0.15) is 16.7 Å². The lowest BCUT2D eigenvalue weighted by Crippen LogP contribution is -2.27. The van der Waals surface area contributed by atoms with Crippen LogP contribution < -0.4 is 15.0 Å². The lowest BCUT2D eigenvalue weighted by molar-refractivity contribution is 0.174. The van der Waals surface area contributed by atoms with Crippen molar-refractivity contribution in [2.75, 3.05) is 20.5 Å². The maximum atomic E-state index is 13.7. The summed E-state index contributed by atoms with van der Waals surface area (Å²) in [6, 6.07) is 13.5. The van der Waals surface area contributed by atoms with Crippen LogP contribution in [0.2, 0.25) is 0 Å². The molecule has 0 bridgehead atoms. The number of nitrogens with zero attached hydrogens (tertiary/aromatic N) is 5. The number of aromatic nitrogens is 5. The third-order valence-corrected chi connectivity index (χ3v) is 6.14. The molecule has 6 rings (SSSR count). The molecule has 34 heavy (non-hydrogen) atoms. The maximum Gasteiger partial charge on any atom is 0.265 e. The fourth-order valence-electron chi connectivity index (χ4n) is 4.49. The van der Waals surface area contributed by atoms with Crippen LogP contribution in [0.25, 0.3) is 33.2 Å². The Labute approximate surface area is 194 Å². The van der Waals surface area contributed by atoms with Crippen molar-refractivity contribution in [3.8, 4) is 11.5 Å². The standard InChI is InChI=1S/C25H23N5O4/c1-3-20-28-23-21(25(31)29(20)10-11-32-2)22-24(27-17-7-5-4-6-16(17)26-22)30(23)13-15-8-9-18-19(12-15)34-14-33-18/h4-9,12H,3,10-11,13-14H2,1-2H3. The number of para-hydroxylation sites is 2. The lowest BCUT2D eigenvalue weighted by atomic mass is 10.2. The van der Waals surface area contributed by atoms with Crippen molar-refractivity contribution in [2.45, 2.75) is 26.4 Å². The van der Waals surface area contributed by atoms with Gasteiger partial charge in [-0.25, -0.2) is 15.0 Å². The highest BCUT2D eigenvalue weighted by Crippen LogP contribution is 2.34. The highest BCUT2D eigenvalue weighted by molar-refractivity contribution is 6.04. The number of benzene rings is 2. The van der Waals surface area contributed by atoms with Gasteiger partial charge in [0.15, 0.2) is 22.8 Å². The highest BCUT2D eigenvalue weighted by atomic mass is 16.7. The van der Waals surface area contributed by atoms with Crippen LogP contribution in [-0.4, -0.2) is 44.6 Å². The molecule has 0 radical (unpaired) electrons. The van der Waals surface area contributed by atoms with Crippen molar-refractivity contribution >= 4 is 33.2 Å². The summed E-state index contributed by atoms with van der Waals surface area (Å²) < 4.78 is 19.9. The van der Waals surface area contributed by atoms with Crippen molar-refractivity contribution in [3.63, 3.8) is 0 Å². The minimum absolute atomic E-state index is 0.127. The average Bonchev–Trinajstić information content (AvgIpc) is 3.44. The Morgan fingerprint density at radius 1 is 0.971 bits per heavy atom. The molecule has 1 aliphatic rings. The third kappa shape index (κ3) is 3.19. The van der Waals surface area contributed by atoms with E-state index in [-0.39, 0.29) is 12.4 Å². The second-order valence-corrected chi connectivity index (χ2v) is 8.19. The van der Waals surface area contributed by atoms with Crippen molar-refractivity contribution in [1.82, 2.24) is 24.1 Å². The summed E-state index contributed by atoms with van der Waals surface area (Å²) in [6.07, 6.45) is 0.614. The molecule has 9 heteroatoms. The Bertz CT molecular complexity index is 1620. The van der Waals surface area contributed by atoms with Crippen LogP contribution >= 0.6 is 0 Å². The first kappa shape index (κ1) is 20.6. The van der Waals surface area contributed by atoms with Gasteiger partial charge in [-0.1, -0.05) is 25.1 Å². The molecule has 0 atom stereocenters. The quantitative estimate of drug-likeness (QED) is 0.386. The Kier molecular flexibility index (Phi) is 4.91. The van der Waals surface area contributed by atoms with Crippen molar-refractivity contribution < 1.29 is 14.2 Å². The molecule has 2 aromatic carbocycles. The van der Waals surface area contributed by atoms with E-state index in [0.717, 1.165) is 22.3 Å². The Morgan fingerprint density at radius 2 is 1.76 bits per heavy atom. The molecule has 5 aromatic rings. The van der Waals surface area contributed by atoms with E-state index >= 15 is 0 Å². The van der Waals surface area contributed by atoms with Crippen molar-refractivity contribution in [2.24, 2.45) is 0 Å². The summed E-state index contributed by atoms with van der Waals surface area (Å²) in [7, 11) is 1.62. The smallest absolute Gasteiger partial charge is 0.265 e. The third-order valence-electron chi connectivity index (χ3n) is 6.14. The van der Waals surface area contributed by atoms with Crippen molar-refractivity contribution in [1.29, 1.82) is 0 Å². The number of ether oxygens (including phenoxy) is 3. The molecular formula is C25H23N5O4. The molecule has 0 unspecified atom stereocenters. The first-order chi connectivity index (χ1) is 16.7. The number of methoxy groups -OCH3 is 1. The van der Waals surface area contributed by atoms with E-state index < -0.39 is 0 Å². The van der Waals surface area contributed by atoms with E-state index in [9.17, 15) is 4.79 Å². The molecule has 0 N–H and O–H groups in total. The molecule has 9 nitrogen and oxygen atoms in total. The zero-order chi connectivity index (χ0) is 23.2. The van der Waals surface area contributed by atoms with Gasteiger partial charge < -0.3 is 18.8 Å². The first-order valence-electron chi connectivity index (χ1n) is 11.2. The molecule has 1 aliphatic heterocycles. The van der Waals surface area contributed by atoms with Gasteiger partial charge in [0.2, 0.25) is 6.79 Å². The number of hydrogen-bond acceptors (Lipinski definition) is 7. The molecular weight excluding hydrogens is 434 g/mol. The number of rotatable bonds is 6. The summed E-state index contributed by atoms with van der Waals surface area (Å²) in [5.41, 5.74) is 4.13. The lowest BCUT2D eigenvalue weighted by Gasteiger charge is -2.12. The topological polar surface area (TPSA) is 93.3 Å². The highest BCUT2D eigenvalue weighted by Gasteiger charge is 2.22. The van der Waals surface area contributed by atoms with Crippen LogP contribution in [0.15, 0.2) is 47.3 Å². The van der Waals surface area contributed by atoms with Gasteiger partial charge >= 0.3 is 0 Å². The van der Waals surface area contributed by atoms with Crippen LogP contribution in [0.4, 0.5) is 0 Å². The van der Waals surface area contributed by atoms with Gasteiger partial charge in [0, 0.05) is 13.5 Å². The molecule has 172 valence electrons. The Morgan fingerprint density at radius 3 is 2.56 bits per heavy atom. The predicted molar refractivity (Wildman–Crippen MR) is 128 cm³/mol. The van der Waals surface area contributed by atoms with Gasteiger partial charge in [0.25, 0.3) is 5.56 Å². The van der Waals surface area contributed by atoms with Gasteiger partial charge in [-0.05, 0) is 29.8 Å². The number of fused-ring (bicyclic) bond motifs is 5. The Balaban J connectivity index is 1.65. The fourth-order valence-corrected chi connectivity index (χ4v) is 4.49. The molecule has 4 heterocycles. The van der Waals surface area contributed by atoms with E-state index in [1.54, 1.807) is 11.7 Å². The number of hydrogen-bond donors (Lipinski definition) is 0. The second kappa shape index (κ2) is 8.11. The summed E-state index contributed by atoms with van der Waals surface area (Å²) in [4.78, 5) is 28.4. The average molecular weight is 457 g/mol. The summed E-state index contributed by atoms with van der Waals surface area (Å²) >= 11 is 0. The molecule has 0 amide bonds. The van der Waals surface area contributed by atoms with Gasteiger partial charge in [-0.2, -0.15) is 0 Å². The normalized spacial score (nSPS) is 12.9. The summed E-state index contributed by atoms with van der Waals surface area (Å²) in [6.45, 7) is 3.52. The van der Waals surface area contributed by atoms with Gasteiger partial charge in [-0.3, -0.25) is 9.36 Å². The van der Waals surface area contributed by atoms with Crippen LogP contribution in [0.3, 0.4) is 0 Å². The minimum atomic E-state index is -0.127. The molecule has 0 saturated carbocycles. The molecule has 0 aliphatic carbocycles. The van der Waals surface area contributed by atoms with E-state index in [0.29, 0.717) is 59.9 Å². The van der Waals surface area contributed by atoms with Crippen LogP contribution in [0, 0.1) is 0 Å². The Hall–Kier alpha value is -3.98. The van der Waals surface area contributed by atoms with E-state index in [2.05, 4.69) is 0 Å². The van der Waals surface area contributed by atoms with E-state index in [1.807, 2.05) is 54.0 Å². The van der Waals surface area contributed by atoms with E-state index in [1.165, 1.54) is 0 Å². The predicted octanol–water partition coefficient (Wildman–Crippen LogP) is 3.28. The molecule has 3 aromatic heterocycles. The van der Waals surface area contributed by atoms with Gasteiger partial charge in [0.05, 0.1) is 30.7 Å². The SMILES string of the molecule is CCc1nc2c(c(=O)n1CCOC)c1nc3ccccc3nc1n2Cc1ccc2c(c1)OCO2. The zero-order valence-corrected chi connectivity index (χ0v) is 18.9. The summed E-state index contributed by atoms with van der Waals surface area (Å²) in [5, 5.41) is 0.474. The summed E-state index contributed by atoms with van der Waals surface area (Å²) in [5.74, 6) is 2.14. The van der Waals surface area contributed by atoms with Crippen LogP contribution in [0.5, 0.6) is 11.5 Å².